The molecule has 3 nitrogen and oxygen atoms in total. The fourth-order valence-electron chi connectivity index (χ4n) is 0.814. The summed E-state index contributed by atoms with van der Waals surface area (Å²) in [6, 6.07) is 0. The highest BCUT2D eigenvalue weighted by Crippen LogP contribution is 2.14. The lowest BCUT2D eigenvalue weighted by molar-refractivity contribution is -0.129. The molecule has 0 saturated heterocycles. The summed E-state index contributed by atoms with van der Waals surface area (Å²) in [4.78, 5) is 0. The number of ether oxygens (including phenoxy) is 1. The maximum Gasteiger partial charge on any atom is 0.401 e. The van der Waals surface area contributed by atoms with Crippen LogP contribution in [0, 0.1) is 0 Å². The minimum Gasteiger partial charge on any atom is -0.383 e. The van der Waals surface area contributed by atoms with Gasteiger partial charge in [-0.3, -0.25) is 0 Å². The van der Waals surface area contributed by atoms with E-state index in [1.165, 1.54) is 7.11 Å². The molecule has 0 aliphatic carbocycles. The Balaban J connectivity index is 3.97. The van der Waals surface area contributed by atoms with E-state index in [1.807, 2.05) is 0 Å². The molecule has 0 aromatic rings. The first kappa shape index (κ1) is 12.7. The van der Waals surface area contributed by atoms with Crippen molar-refractivity contribution >= 4 is 0 Å². The molecular weight excluding hydrogens is 185 g/mol. The maximum absolute atomic E-state index is 11.8. The topological polar surface area (TPSA) is 47.3 Å². The molecule has 0 spiro atoms. The van der Waals surface area contributed by atoms with Crippen LogP contribution in [0.1, 0.15) is 6.92 Å². The van der Waals surface area contributed by atoms with Crippen molar-refractivity contribution in [1.29, 1.82) is 0 Å². The van der Waals surface area contributed by atoms with Gasteiger partial charge in [0.1, 0.15) is 0 Å². The van der Waals surface area contributed by atoms with Crippen molar-refractivity contribution in [1.82, 2.24) is 5.32 Å². The second-order valence-corrected chi connectivity index (χ2v) is 3.17. The SMILES string of the molecule is COCC(C)(CN)NCC(F)(F)F. The van der Waals surface area contributed by atoms with E-state index in [4.69, 9.17) is 10.5 Å². The van der Waals surface area contributed by atoms with Crippen molar-refractivity contribution in [3.63, 3.8) is 0 Å². The number of nitrogens with one attached hydrogen (secondary N) is 1. The van der Waals surface area contributed by atoms with Gasteiger partial charge < -0.3 is 15.8 Å². The Hall–Kier alpha value is -0.330. The molecule has 0 fully saturated rings. The van der Waals surface area contributed by atoms with Crippen molar-refractivity contribution in [3.8, 4) is 0 Å². The molecule has 80 valence electrons. The molecule has 1 atom stereocenters. The Kier molecular flexibility index (Phi) is 4.66. The zero-order chi connectivity index (χ0) is 10.5. The van der Waals surface area contributed by atoms with Crippen LogP contribution < -0.4 is 11.1 Å². The van der Waals surface area contributed by atoms with Crippen LogP contribution in [0.2, 0.25) is 0 Å². The molecule has 3 N–H and O–H groups in total. The first-order valence-corrected chi connectivity index (χ1v) is 3.84. The van der Waals surface area contributed by atoms with Gasteiger partial charge in [0.15, 0.2) is 0 Å². The fourth-order valence-corrected chi connectivity index (χ4v) is 0.814. The van der Waals surface area contributed by atoms with Crippen LogP contribution in [0.4, 0.5) is 13.2 Å². The van der Waals surface area contributed by atoms with E-state index in [0.717, 1.165) is 0 Å². The Morgan fingerprint density at radius 2 is 1.92 bits per heavy atom. The first-order valence-electron chi connectivity index (χ1n) is 3.84. The zero-order valence-corrected chi connectivity index (χ0v) is 7.74. The second-order valence-electron chi connectivity index (χ2n) is 3.17. The predicted molar refractivity (Wildman–Crippen MR) is 43.4 cm³/mol. The van der Waals surface area contributed by atoms with Crippen LogP contribution in [0.3, 0.4) is 0 Å². The van der Waals surface area contributed by atoms with Crippen LogP contribution in [-0.2, 0) is 4.74 Å². The van der Waals surface area contributed by atoms with E-state index in [9.17, 15) is 13.2 Å². The van der Waals surface area contributed by atoms with Crippen molar-refractivity contribution in [3.05, 3.63) is 0 Å². The molecule has 0 bridgehead atoms. The summed E-state index contributed by atoms with van der Waals surface area (Å²) < 4.78 is 40.2. The average Bonchev–Trinajstić information content (AvgIpc) is 2.01. The molecule has 0 aromatic heterocycles. The van der Waals surface area contributed by atoms with Crippen molar-refractivity contribution < 1.29 is 17.9 Å². The summed E-state index contributed by atoms with van der Waals surface area (Å²) in [6.07, 6.45) is -4.22. The quantitative estimate of drug-likeness (QED) is 0.679. The Bertz CT molecular complexity index is 151. The number of methoxy groups -OCH3 is 1. The van der Waals surface area contributed by atoms with Gasteiger partial charge >= 0.3 is 6.18 Å². The van der Waals surface area contributed by atoms with Gasteiger partial charge in [-0.15, -0.1) is 0 Å². The summed E-state index contributed by atoms with van der Waals surface area (Å²) in [7, 11) is 1.42. The smallest absolute Gasteiger partial charge is 0.383 e. The van der Waals surface area contributed by atoms with Gasteiger partial charge in [-0.05, 0) is 6.92 Å². The summed E-state index contributed by atoms with van der Waals surface area (Å²) in [5.41, 5.74) is 4.50. The molecule has 0 aromatic carbocycles. The van der Waals surface area contributed by atoms with E-state index in [-0.39, 0.29) is 13.2 Å². The van der Waals surface area contributed by atoms with Gasteiger partial charge in [0.25, 0.3) is 0 Å². The largest absolute Gasteiger partial charge is 0.401 e. The highest BCUT2D eigenvalue weighted by atomic mass is 19.4. The monoisotopic (exact) mass is 200 g/mol. The third-order valence-corrected chi connectivity index (χ3v) is 1.63. The third kappa shape index (κ3) is 5.84. The molecule has 0 heterocycles. The lowest BCUT2D eigenvalue weighted by Crippen LogP contribution is -2.54. The molecule has 6 heteroatoms. The van der Waals surface area contributed by atoms with Crippen LogP contribution in [-0.4, -0.2) is 38.5 Å². The van der Waals surface area contributed by atoms with Crippen molar-refractivity contribution in [2.45, 2.75) is 18.6 Å². The van der Waals surface area contributed by atoms with Gasteiger partial charge in [-0.25, -0.2) is 0 Å². The number of hydrogen-bond donors (Lipinski definition) is 2. The highest BCUT2D eigenvalue weighted by molar-refractivity contribution is 4.84. The summed E-state index contributed by atoms with van der Waals surface area (Å²) in [6.45, 7) is 0.781. The van der Waals surface area contributed by atoms with Crippen LogP contribution >= 0.6 is 0 Å². The van der Waals surface area contributed by atoms with E-state index in [1.54, 1.807) is 6.92 Å². The number of rotatable bonds is 5. The molecule has 0 aliphatic heterocycles. The molecule has 0 rings (SSSR count). The normalized spacial score (nSPS) is 17.1. The summed E-state index contributed by atoms with van der Waals surface area (Å²) >= 11 is 0. The van der Waals surface area contributed by atoms with Gasteiger partial charge in [-0.2, -0.15) is 13.2 Å². The predicted octanol–water partition coefficient (Wildman–Crippen LogP) is 0.502. The van der Waals surface area contributed by atoms with Crippen molar-refractivity contribution in [2.24, 2.45) is 5.73 Å². The number of halogens is 3. The lowest BCUT2D eigenvalue weighted by atomic mass is 10.0. The van der Waals surface area contributed by atoms with Gasteiger partial charge in [0.2, 0.25) is 0 Å². The molecule has 0 aliphatic rings. The van der Waals surface area contributed by atoms with E-state index in [2.05, 4.69) is 5.32 Å². The molecule has 1 unspecified atom stereocenters. The van der Waals surface area contributed by atoms with E-state index < -0.39 is 18.3 Å². The Morgan fingerprint density at radius 3 is 2.23 bits per heavy atom. The number of alkyl halides is 3. The number of hydrogen-bond acceptors (Lipinski definition) is 3. The summed E-state index contributed by atoms with van der Waals surface area (Å²) in [5, 5.41) is 2.31. The molecule has 13 heavy (non-hydrogen) atoms. The average molecular weight is 200 g/mol. The van der Waals surface area contributed by atoms with Crippen LogP contribution in [0.15, 0.2) is 0 Å². The maximum atomic E-state index is 11.8. The Labute approximate surface area is 75.4 Å². The number of nitrogens with two attached hydrogens (primary N) is 1. The standard InChI is InChI=1S/C7H15F3N2O/c1-6(3-11,5-13-2)12-4-7(8,9)10/h12H,3-5,11H2,1-2H3. The minimum absolute atomic E-state index is 0.0942. The molecular formula is C7H15F3N2O. The minimum atomic E-state index is -4.22. The van der Waals surface area contributed by atoms with Crippen LogP contribution in [0.5, 0.6) is 0 Å². The zero-order valence-electron chi connectivity index (χ0n) is 7.74. The third-order valence-electron chi connectivity index (χ3n) is 1.63. The molecule has 0 amide bonds. The fraction of sp³-hybridized carbons (Fsp3) is 1.00. The van der Waals surface area contributed by atoms with Crippen LogP contribution in [0.25, 0.3) is 0 Å². The van der Waals surface area contributed by atoms with Crippen molar-refractivity contribution in [2.75, 3.05) is 26.8 Å². The van der Waals surface area contributed by atoms with E-state index >= 15 is 0 Å². The van der Waals surface area contributed by atoms with Gasteiger partial charge in [0, 0.05) is 13.7 Å². The Morgan fingerprint density at radius 1 is 1.38 bits per heavy atom. The second kappa shape index (κ2) is 4.78. The highest BCUT2D eigenvalue weighted by Gasteiger charge is 2.31. The van der Waals surface area contributed by atoms with Gasteiger partial charge in [-0.1, -0.05) is 0 Å². The van der Waals surface area contributed by atoms with E-state index in [0.29, 0.717) is 0 Å². The van der Waals surface area contributed by atoms with Gasteiger partial charge in [0.05, 0.1) is 18.7 Å². The lowest BCUT2D eigenvalue weighted by Gasteiger charge is -2.29. The molecule has 0 radical (unpaired) electrons. The summed E-state index contributed by atoms with van der Waals surface area (Å²) in [5.74, 6) is 0. The first-order chi connectivity index (χ1) is 5.83. The molecule has 0 saturated carbocycles.